The number of carbonyl (C=O) groups excluding carboxylic acids is 4. The van der Waals surface area contributed by atoms with Crippen molar-refractivity contribution in [3.05, 3.63) is 108 Å². The maximum Gasteiger partial charge on any atom is 0.332 e. The highest BCUT2D eigenvalue weighted by atomic mass is 16.5. The summed E-state index contributed by atoms with van der Waals surface area (Å²) in [6.07, 6.45) is 1.04. The average Bonchev–Trinajstić information content (AvgIpc) is 3.43. The molecule has 11 nitrogen and oxygen atoms in total. The predicted molar refractivity (Wildman–Crippen MR) is 183 cm³/mol. The van der Waals surface area contributed by atoms with Gasteiger partial charge in [0.15, 0.2) is 0 Å². The molecule has 2 atom stereocenters. The molecule has 2 aliphatic rings. The predicted octanol–water partition coefficient (Wildman–Crippen LogP) is 4.38. The van der Waals surface area contributed by atoms with E-state index in [0.29, 0.717) is 44.6 Å². The molecule has 0 saturated carbocycles. The second-order valence-corrected chi connectivity index (χ2v) is 12.0. The molecule has 2 aliphatic heterocycles. The number of hydrogen-bond acceptors (Lipinski definition) is 6. The van der Waals surface area contributed by atoms with Crippen LogP contribution in [0.25, 0.3) is 10.8 Å². The van der Waals surface area contributed by atoms with Gasteiger partial charge in [-0.3, -0.25) is 19.4 Å². The zero-order valence-electron chi connectivity index (χ0n) is 27.2. The Morgan fingerprint density at radius 3 is 2.42 bits per heavy atom. The van der Waals surface area contributed by atoms with Crippen molar-refractivity contribution in [1.29, 1.82) is 0 Å². The van der Waals surface area contributed by atoms with Crippen LogP contribution in [0.5, 0.6) is 5.75 Å². The molecule has 0 radical (unpaired) electrons. The van der Waals surface area contributed by atoms with Crippen LogP contribution in [-0.4, -0.2) is 83.0 Å². The fourth-order valence-electron chi connectivity index (χ4n) is 6.63. The first kappa shape index (κ1) is 32.5. The Bertz CT molecular complexity index is 1770. The molecule has 248 valence electrons. The van der Waals surface area contributed by atoms with Crippen molar-refractivity contribution in [2.24, 2.45) is 0 Å². The third kappa shape index (κ3) is 6.82. The molecule has 2 saturated heterocycles. The molecule has 2 N–H and O–H groups in total. The lowest BCUT2D eigenvalue weighted by Gasteiger charge is -2.46. The third-order valence-corrected chi connectivity index (χ3v) is 9.00. The number of methoxy groups -OCH3 is 1. The van der Waals surface area contributed by atoms with Crippen LogP contribution in [0.3, 0.4) is 0 Å². The van der Waals surface area contributed by atoms with Gasteiger partial charge >= 0.3 is 6.03 Å². The number of hydrogen-bond donors (Lipinski definition) is 2. The maximum absolute atomic E-state index is 14.3. The van der Waals surface area contributed by atoms with Crippen molar-refractivity contribution in [3.63, 3.8) is 0 Å². The molecule has 0 bridgehead atoms. The zero-order valence-corrected chi connectivity index (χ0v) is 27.2. The lowest BCUT2D eigenvalue weighted by atomic mass is 9.98. The number of benzene rings is 4. The SMILES string of the molecule is CCCN(C(=O)NCc1ccc(OC)cc1)N1CC(=O)N2[C@@H](Cc3ccc(NC=O)cc3)C(=O)N(Cc3cccc4ccccc34)C[C@@H]21. The number of hydrazine groups is 1. The number of ether oxygens (including phenoxy) is 1. The second kappa shape index (κ2) is 14.6. The highest BCUT2D eigenvalue weighted by molar-refractivity contribution is 5.92. The summed E-state index contributed by atoms with van der Waals surface area (Å²) in [7, 11) is 1.61. The fraction of sp³-hybridized carbons (Fsp3) is 0.297. The Morgan fingerprint density at radius 2 is 1.69 bits per heavy atom. The number of anilines is 1. The second-order valence-electron chi connectivity index (χ2n) is 12.0. The summed E-state index contributed by atoms with van der Waals surface area (Å²) in [5.41, 5.74) is 3.41. The van der Waals surface area contributed by atoms with E-state index in [1.54, 1.807) is 29.2 Å². The Morgan fingerprint density at radius 1 is 0.958 bits per heavy atom. The number of fused-ring (bicyclic) bond motifs is 2. The molecule has 2 heterocycles. The van der Waals surface area contributed by atoms with Gasteiger partial charge in [-0.1, -0.05) is 73.7 Å². The van der Waals surface area contributed by atoms with E-state index >= 15 is 0 Å². The number of carbonyl (C=O) groups is 4. The molecule has 4 aromatic carbocycles. The van der Waals surface area contributed by atoms with Crippen LogP contribution in [0.4, 0.5) is 10.5 Å². The van der Waals surface area contributed by atoms with Crippen molar-refractivity contribution in [1.82, 2.24) is 25.1 Å². The van der Waals surface area contributed by atoms with Crippen molar-refractivity contribution in [2.45, 2.75) is 45.1 Å². The van der Waals surface area contributed by atoms with Crippen molar-refractivity contribution < 1.29 is 23.9 Å². The third-order valence-electron chi connectivity index (χ3n) is 9.00. The molecule has 5 amide bonds. The van der Waals surface area contributed by atoms with Crippen LogP contribution in [0, 0.1) is 0 Å². The van der Waals surface area contributed by atoms with Gasteiger partial charge in [-0.2, -0.15) is 5.01 Å². The maximum atomic E-state index is 14.3. The monoisotopic (exact) mass is 648 g/mol. The van der Waals surface area contributed by atoms with Gasteiger partial charge in [0.1, 0.15) is 18.0 Å². The van der Waals surface area contributed by atoms with Gasteiger partial charge in [0.25, 0.3) is 0 Å². The normalized spacial score (nSPS) is 17.7. The van der Waals surface area contributed by atoms with E-state index in [9.17, 15) is 19.2 Å². The van der Waals surface area contributed by atoms with E-state index in [2.05, 4.69) is 28.8 Å². The Labute approximate surface area is 280 Å². The minimum Gasteiger partial charge on any atom is -0.497 e. The zero-order chi connectivity index (χ0) is 33.6. The number of piperazine rings is 1. The molecule has 11 heteroatoms. The highest BCUT2D eigenvalue weighted by Crippen LogP contribution is 2.31. The summed E-state index contributed by atoms with van der Waals surface area (Å²) in [6, 6.07) is 27.8. The average molecular weight is 649 g/mol. The van der Waals surface area contributed by atoms with Gasteiger partial charge in [0.05, 0.1) is 20.2 Å². The summed E-state index contributed by atoms with van der Waals surface area (Å²) in [4.78, 5) is 56.3. The molecule has 0 aromatic heterocycles. The first-order chi connectivity index (χ1) is 23.4. The summed E-state index contributed by atoms with van der Waals surface area (Å²) >= 11 is 0. The summed E-state index contributed by atoms with van der Waals surface area (Å²) < 4.78 is 5.25. The van der Waals surface area contributed by atoms with Crippen molar-refractivity contribution in [3.8, 4) is 5.75 Å². The minimum atomic E-state index is -0.771. The first-order valence-electron chi connectivity index (χ1n) is 16.2. The van der Waals surface area contributed by atoms with Crippen LogP contribution < -0.4 is 15.4 Å². The van der Waals surface area contributed by atoms with Crippen LogP contribution in [0.1, 0.15) is 30.0 Å². The van der Waals surface area contributed by atoms with Crippen LogP contribution in [-0.2, 0) is 33.9 Å². The van der Waals surface area contributed by atoms with Gasteiger partial charge in [-0.15, -0.1) is 0 Å². The van der Waals surface area contributed by atoms with Crippen molar-refractivity contribution in [2.75, 3.05) is 32.1 Å². The topological polar surface area (TPSA) is 115 Å². The van der Waals surface area contributed by atoms with Crippen LogP contribution in [0.2, 0.25) is 0 Å². The molecule has 0 aliphatic carbocycles. The Hall–Kier alpha value is -5.42. The number of urea groups is 1. The standard InChI is InChI=1S/C37H40N6O5/c1-3-19-41(37(47)38-21-27-13-17-31(48-2)18-14-27)42-24-35(45)43-33(20-26-11-15-30(16-12-26)39-25-44)36(46)40(23-34(42)43)22-29-9-6-8-28-7-4-5-10-32(28)29/h4-18,25,33-34H,3,19-24H2,1-2H3,(H,38,47)(H,39,44)/t33-,34+/m0/s1. The summed E-state index contributed by atoms with van der Waals surface area (Å²) in [6.45, 7) is 3.29. The Balaban J connectivity index is 1.29. The van der Waals surface area contributed by atoms with Gasteiger partial charge < -0.3 is 25.2 Å². The van der Waals surface area contributed by atoms with Gasteiger partial charge in [0, 0.05) is 31.7 Å². The molecule has 48 heavy (non-hydrogen) atoms. The largest absolute Gasteiger partial charge is 0.497 e. The molecule has 2 fully saturated rings. The van der Waals surface area contributed by atoms with E-state index in [-0.39, 0.29) is 30.9 Å². The smallest absolute Gasteiger partial charge is 0.332 e. The molecule has 6 rings (SSSR count). The van der Waals surface area contributed by atoms with Gasteiger partial charge in [0.2, 0.25) is 18.2 Å². The van der Waals surface area contributed by atoms with E-state index in [1.807, 2.05) is 77.5 Å². The van der Waals surface area contributed by atoms with E-state index in [0.717, 1.165) is 33.2 Å². The van der Waals surface area contributed by atoms with Gasteiger partial charge in [-0.25, -0.2) is 4.79 Å². The number of nitrogens with one attached hydrogen (secondary N) is 2. The van der Waals surface area contributed by atoms with Crippen LogP contribution in [0.15, 0.2) is 91.0 Å². The fourth-order valence-corrected chi connectivity index (χ4v) is 6.63. The lowest BCUT2D eigenvalue weighted by Crippen LogP contribution is -2.66. The van der Waals surface area contributed by atoms with Crippen molar-refractivity contribution >= 4 is 40.7 Å². The molecule has 0 unspecified atom stereocenters. The minimum absolute atomic E-state index is 0.0191. The number of rotatable bonds is 12. The molecule has 4 aromatic rings. The van der Waals surface area contributed by atoms with Gasteiger partial charge in [-0.05, 0) is 58.1 Å². The summed E-state index contributed by atoms with van der Waals surface area (Å²) in [5.74, 6) is 0.387. The Kier molecular flexibility index (Phi) is 9.86. The number of nitrogens with zero attached hydrogens (tertiary/aromatic N) is 4. The molecular formula is C37H40N6O5. The van der Waals surface area contributed by atoms with E-state index < -0.39 is 12.2 Å². The van der Waals surface area contributed by atoms with E-state index in [4.69, 9.17) is 4.74 Å². The molecular weight excluding hydrogens is 608 g/mol. The lowest BCUT2D eigenvalue weighted by molar-refractivity contribution is -0.157. The molecule has 0 spiro atoms. The van der Waals surface area contributed by atoms with Crippen LogP contribution >= 0.6 is 0 Å². The highest BCUT2D eigenvalue weighted by Gasteiger charge is 2.52. The quantitative estimate of drug-likeness (QED) is 0.221. The number of amides is 5. The summed E-state index contributed by atoms with van der Waals surface area (Å²) in [5, 5.41) is 11.2. The van der Waals surface area contributed by atoms with E-state index in [1.165, 1.54) is 0 Å². The first-order valence-corrected chi connectivity index (χ1v) is 16.2.